The Kier molecular flexibility index (Phi) is 5.83. The van der Waals surface area contributed by atoms with Crippen molar-refractivity contribution >= 4 is 11.3 Å². The lowest BCUT2D eigenvalue weighted by molar-refractivity contribution is 0.313. The van der Waals surface area contributed by atoms with Gasteiger partial charge in [-0.3, -0.25) is 0 Å². The third kappa shape index (κ3) is 5.87. The van der Waals surface area contributed by atoms with Gasteiger partial charge >= 0.3 is 0 Å². The first-order chi connectivity index (χ1) is 7.18. The fourth-order valence-electron chi connectivity index (χ4n) is 1.52. The number of nitrogens with zero attached hydrogens (tertiary/aromatic N) is 2. The Morgan fingerprint density at radius 2 is 2.33 bits per heavy atom. The zero-order chi connectivity index (χ0) is 11.1. The van der Waals surface area contributed by atoms with Crippen LogP contribution in [0.25, 0.3) is 0 Å². The second kappa shape index (κ2) is 6.93. The van der Waals surface area contributed by atoms with Gasteiger partial charge in [-0.2, -0.15) is 0 Å². The molecule has 1 rings (SSSR count). The van der Waals surface area contributed by atoms with Crippen molar-refractivity contribution in [2.75, 3.05) is 13.6 Å². The van der Waals surface area contributed by atoms with Gasteiger partial charge in [0.25, 0.3) is 0 Å². The molecule has 0 amide bonds. The van der Waals surface area contributed by atoms with Gasteiger partial charge in [0.2, 0.25) is 0 Å². The number of hydrogen-bond donors (Lipinski definition) is 1. The van der Waals surface area contributed by atoms with E-state index in [0.29, 0.717) is 6.04 Å². The Hall–Kier alpha value is -0.450. The van der Waals surface area contributed by atoms with Crippen molar-refractivity contribution < 1.29 is 0 Å². The van der Waals surface area contributed by atoms with E-state index in [0.717, 1.165) is 19.5 Å². The SMILES string of the molecule is CC(N)CCCCN(C)Cc1cscn1. The van der Waals surface area contributed by atoms with Gasteiger partial charge in [0.15, 0.2) is 0 Å². The summed E-state index contributed by atoms with van der Waals surface area (Å²) in [6.45, 7) is 4.16. The minimum atomic E-state index is 0.342. The summed E-state index contributed by atoms with van der Waals surface area (Å²) in [6.07, 6.45) is 3.58. The summed E-state index contributed by atoms with van der Waals surface area (Å²) >= 11 is 1.66. The van der Waals surface area contributed by atoms with E-state index in [1.165, 1.54) is 18.5 Å². The molecule has 3 nitrogen and oxygen atoms in total. The minimum absolute atomic E-state index is 0.342. The number of aromatic nitrogens is 1. The molecule has 86 valence electrons. The zero-order valence-corrected chi connectivity index (χ0v) is 10.5. The lowest BCUT2D eigenvalue weighted by Gasteiger charge is -2.15. The molecular weight excluding hydrogens is 206 g/mol. The molecule has 0 spiro atoms. The summed E-state index contributed by atoms with van der Waals surface area (Å²) in [4.78, 5) is 6.59. The number of hydrogen-bond acceptors (Lipinski definition) is 4. The largest absolute Gasteiger partial charge is 0.328 e. The Labute approximate surface area is 96.3 Å². The van der Waals surface area contributed by atoms with E-state index in [2.05, 4.69) is 29.2 Å². The van der Waals surface area contributed by atoms with E-state index in [9.17, 15) is 0 Å². The molecule has 1 atom stereocenters. The number of thiazole rings is 1. The molecule has 0 fully saturated rings. The van der Waals surface area contributed by atoms with Crippen molar-refractivity contribution in [1.29, 1.82) is 0 Å². The van der Waals surface area contributed by atoms with E-state index in [1.54, 1.807) is 11.3 Å². The zero-order valence-electron chi connectivity index (χ0n) is 9.65. The van der Waals surface area contributed by atoms with E-state index < -0.39 is 0 Å². The van der Waals surface area contributed by atoms with Gasteiger partial charge in [-0.15, -0.1) is 11.3 Å². The fourth-order valence-corrected chi connectivity index (χ4v) is 2.07. The van der Waals surface area contributed by atoms with Gasteiger partial charge in [0.1, 0.15) is 0 Å². The molecule has 1 aromatic rings. The summed E-state index contributed by atoms with van der Waals surface area (Å²) < 4.78 is 0. The van der Waals surface area contributed by atoms with Crippen LogP contribution in [0, 0.1) is 0 Å². The molecule has 0 saturated carbocycles. The van der Waals surface area contributed by atoms with Crippen molar-refractivity contribution in [2.24, 2.45) is 5.73 Å². The quantitative estimate of drug-likeness (QED) is 0.725. The highest BCUT2D eigenvalue weighted by Gasteiger charge is 2.02. The molecule has 15 heavy (non-hydrogen) atoms. The first-order valence-electron chi connectivity index (χ1n) is 5.49. The van der Waals surface area contributed by atoms with Crippen molar-refractivity contribution in [1.82, 2.24) is 9.88 Å². The smallest absolute Gasteiger partial charge is 0.0795 e. The van der Waals surface area contributed by atoms with Crippen LogP contribution in [0.3, 0.4) is 0 Å². The van der Waals surface area contributed by atoms with Gasteiger partial charge in [-0.25, -0.2) is 4.98 Å². The lowest BCUT2D eigenvalue weighted by atomic mass is 10.1. The third-order valence-corrected chi connectivity index (χ3v) is 3.00. The van der Waals surface area contributed by atoms with Crippen LogP contribution < -0.4 is 5.73 Å². The molecule has 0 aliphatic heterocycles. The molecule has 0 aliphatic rings. The maximum atomic E-state index is 5.70. The Morgan fingerprint density at radius 3 is 2.93 bits per heavy atom. The van der Waals surface area contributed by atoms with Gasteiger partial charge in [0.05, 0.1) is 11.2 Å². The first kappa shape index (κ1) is 12.6. The maximum absolute atomic E-state index is 5.70. The van der Waals surface area contributed by atoms with Gasteiger partial charge in [-0.05, 0) is 33.4 Å². The first-order valence-corrected chi connectivity index (χ1v) is 6.44. The van der Waals surface area contributed by atoms with Gasteiger partial charge < -0.3 is 10.6 Å². The van der Waals surface area contributed by atoms with Crippen LogP contribution in [-0.4, -0.2) is 29.5 Å². The summed E-state index contributed by atoms with van der Waals surface area (Å²) in [5.41, 5.74) is 8.76. The van der Waals surface area contributed by atoms with E-state index in [-0.39, 0.29) is 0 Å². The fraction of sp³-hybridized carbons (Fsp3) is 0.727. The topological polar surface area (TPSA) is 42.1 Å². The maximum Gasteiger partial charge on any atom is 0.0795 e. The van der Waals surface area contributed by atoms with Crippen LogP contribution in [0.1, 0.15) is 31.9 Å². The molecule has 0 saturated heterocycles. The van der Waals surface area contributed by atoms with Crippen molar-refractivity contribution in [2.45, 2.75) is 38.8 Å². The molecule has 0 bridgehead atoms. The van der Waals surface area contributed by atoms with Crippen LogP contribution in [0.2, 0.25) is 0 Å². The van der Waals surface area contributed by atoms with Crippen LogP contribution in [0.5, 0.6) is 0 Å². The van der Waals surface area contributed by atoms with Gasteiger partial charge in [0, 0.05) is 18.0 Å². The van der Waals surface area contributed by atoms with Crippen LogP contribution in [0.4, 0.5) is 0 Å². The molecule has 0 radical (unpaired) electrons. The Morgan fingerprint density at radius 1 is 1.53 bits per heavy atom. The highest BCUT2D eigenvalue weighted by atomic mass is 32.1. The molecule has 1 aromatic heterocycles. The van der Waals surface area contributed by atoms with Crippen LogP contribution in [0.15, 0.2) is 10.9 Å². The second-order valence-electron chi connectivity index (χ2n) is 4.19. The average molecular weight is 227 g/mol. The molecule has 0 aliphatic carbocycles. The average Bonchev–Trinajstić information content (AvgIpc) is 2.64. The molecule has 0 aromatic carbocycles. The summed E-state index contributed by atoms with van der Waals surface area (Å²) in [5.74, 6) is 0. The van der Waals surface area contributed by atoms with E-state index in [4.69, 9.17) is 5.73 Å². The molecule has 2 N–H and O–H groups in total. The molecular formula is C11H21N3S. The molecule has 1 unspecified atom stereocenters. The predicted molar refractivity (Wildman–Crippen MR) is 65.9 cm³/mol. The standard InChI is InChI=1S/C11H21N3S/c1-10(12)5-3-4-6-14(2)7-11-8-15-9-13-11/h8-10H,3-7,12H2,1-2H3. The Bertz CT molecular complexity index is 246. The molecule has 1 heterocycles. The minimum Gasteiger partial charge on any atom is -0.328 e. The van der Waals surface area contributed by atoms with E-state index >= 15 is 0 Å². The molecule has 4 heteroatoms. The number of rotatable bonds is 7. The highest BCUT2D eigenvalue weighted by Crippen LogP contribution is 2.06. The monoisotopic (exact) mass is 227 g/mol. The summed E-state index contributed by atoms with van der Waals surface area (Å²) in [5, 5.41) is 2.11. The van der Waals surface area contributed by atoms with Gasteiger partial charge in [-0.1, -0.05) is 6.42 Å². The second-order valence-corrected chi connectivity index (χ2v) is 4.91. The van der Waals surface area contributed by atoms with Crippen LogP contribution in [-0.2, 0) is 6.54 Å². The van der Waals surface area contributed by atoms with Crippen LogP contribution >= 0.6 is 11.3 Å². The predicted octanol–water partition coefficient (Wildman–Crippen LogP) is 2.09. The normalized spacial score (nSPS) is 13.3. The number of unbranched alkanes of at least 4 members (excludes halogenated alkanes) is 1. The summed E-state index contributed by atoms with van der Waals surface area (Å²) in [7, 11) is 2.14. The van der Waals surface area contributed by atoms with Crippen molar-refractivity contribution in [3.8, 4) is 0 Å². The number of nitrogens with two attached hydrogens (primary N) is 1. The summed E-state index contributed by atoms with van der Waals surface area (Å²) in [6, 6.07) is 0.342. The van der Waals surface area contributed by atoms with Crippen molar-refractivity contribution in [3.05, 3.63) is 16.6 Å². The highest BCUT2D eigenvalue weighted by molar-refractivity contribution is 7.07. The third-order valence-electron chi connectivity index (χ3n) is 2.36. The van der Waals surface area contributed by atoms with E-state index in [1.807, 2.05) is 5.51 Å². The lowest BCUT2D eigenvalue weighted by Crippen LogP contribution is -2.20. The van der Waals surface area contributed by atoms with Crippen molar-refractivity contribution in [3.63, 3.8) is 0 Å². The Balaban J connectivity index is 2.06.